The van der Waals surface area contributed by atoms with Crippen LogP contribution in [0.2, 0.25) is 0 Å². The Bertz CT molecular complexity index is 470. The number of hydrogen-bond acceptors (Lipinski definition) is 4. The lowest BCUT2D eigenvalue weighted by Crippen LogP contribution is -2.40. The third kappa shape index (κ3) is 2.50. The van der Waals surface area contributed by atoms with Crippen molar-refractivity contribution in [2.24, 2.45) is 0 Å². The van der Waals surface area contributed by atoms with E-state index < -0.39 is 0 Å². The van der Waals surface area contributed by atoms with Crippen LogP contribution >= 0.6 is 0 Å². The van der Waals surface area contributed by atoms with E-state index in [-0.39, 0.29) is 0 Å². The predicted octanol–water partition coefficient (Wildman–Crippen LogP) is 2.68. The Kier molecular flexibility index (Phi) is 4.13. The molecule has 0 saturated heterocycles. The van der Waals surface area contributed by atoms with E-state index in [9.17, 15) is 0 Å². The predicted molar refractivity (Wildman–Crippen MR) is 79.2 cm³/mol. The van der Waals surface area contributed by atoms with Gasteiger partial charge in [0.15, 0.2) is 11.5 Å². The van der Waals surface area contributed by atoms with Crippen LogP contribution in [0.25, 0.3) is 0 Å². The Balaban J connectivity index is 1.92. The van der Waals surface area contributed by atoms with Gasteiger partial charge in [-0.25, -0.2) is 0 Å². The number of rotatable bonds is 5. The normalized spacial score (nSPS) is 20.2. The first-order valence-electron chi connectivity index (χ1n) is 7.70. The van der Waals surface area contributed by atoms with Gasteiger partial charge in [-0.1, -0.05) is 13.8 Å². The number of nitrogens with zero attached hydrogens (tertiary/aromatic N) is 1. The fourth-order valence-electron chi connectivity index (χ4n) is 3.24. The molecule has 4 nitrogen and oxygen atoms in total. The molecule has 0 fully saturated rings. The minimum absolute atomic E-state index is 0.351. The summed E-state index contributed by atoms with van der Waals surface area (Å²) in [5.41, 5.74) is 2.76. The molecule has 1 aromatic rings. The summed E-state index contributed by atoms with van der Waals surface area (Å²) in [4.78, 5) is 2.59. The van der Waals surface area contributed by atoms with Crippen molar-refractivity contribution in [1.82, 2.24) is 10.2 Å². The van der Waals surface area contributed by atoms with Crippen molar-refractivity contribution in [1.29, 1.82) is 0 Å². The lowest BCUT2D eigenvalue weighted by atomic mass is 9.94. The third-order valence-electron chi connectivity index (χ3n) is 4.11. The zero-order valence-electron chi connectivity index (χ0n) is 12.4. The third-order valence-corrected chi connectivity index (χ3v) is 4.11. The van der Waals surface area contributed by atoms with E-state index in [0.29, 0.717) is 12.8 Å². The lowest BCUT2D eigenvalue weighted by molar-refractivity contribution is 0.173. The van der Waals surface area contributed by atoms with Gasteiger partial charge in [-0.15, -0.1) is 0 Å². The highest BCUT2D eigenvalue weighted by Gasteiger charge is 2.28. The Morgan fingerprint density at radius 1 is 1.15 bits per heavy atom. The van der Waals surface area contributed by atoms with Gasteiger partial charge in [0, 0.05) is 19.1 Å². The van der Waals surface area contributed by atoms with Gasteiger partial charge in [-0.2, -0.15) is 0 Å². The van der Waals surface area contributed by atoms with Crippen LogP contribution in [0.5, 0.6) is 11.5 Å². The molecule has 0 aromatic heterocycles. The molecule has 0 radical (unpaired) electrons. The number of hydrogen-bond donors (Lipinski definition) is 1. The standard InChI is InChI=1S/C16H24N2O2/c1-3-5-18(6-4-2)14-10-17-9-12-7-15-16(8-13(12)14)20-11-19-15/h7-8,14,17H,3-6,9-11H2,1-2H3/t14-/m1/s1. The molecule has 0 amide bonds. The van der Waals surface area contributed by atoms with E-state index in [1.54, 1.807) is 0 Å². The van der Waals surface area contributed by atoms with E-state index >= 15 is 0 Å². The first-order valence-corrected chi connectivity index (χ1v) is 7.70. The maximum absolute atomic E-state index is 5.55. The van der Waals surface area contributed by atoms with E-state index in [4.69, 9.17) is 9.47 Å². The highest BCUT2D eigenvalue weighted by atomic mass is 16.7. The molecule has 0 aliphatic carbocycles. The molecule has 4 heteroatoms. The van der Waals surface area contributed by atoms with E-state index in [0.717, 1.165) is 37.7 Å². The average Bonchev–Trinajstić information content (AvgIpc) is 2.91. The smallest absolute Gasteiger partial charge is 0.231 e. The summed E-state index contributed by atoms with van der Waals surface area (Å²) in [6.07, 6.45) is 2.38. The maximum atomic E-state index is 5.55. The molecule has 2 aliphatic heterocycles. The largest absolute Gasteiger partial charge is 0.454 e. The van der Waals surface area contributed by atoms with Crippen molar-refractivity contribution in [3.63, 3.8) is 0 Å². The zero-order valence-corrected chi connectivity index (χ0v) is 12.4. The SMILES string of the molecule is CCCN(CCC)[C@@H]1CNCc2cc3c(cc21)OCO3. The van der Waals surface area contributed by atoms with Crippen LogP contribution in [0.1, 0.15) is 43.9 Å². The van der Waals surface area contributed by atoms with Crippen LogP contribution in [0.15, 0.2) is 12.1 Å². The van der Waals surface area contributed by atoms with Gasteiger partial charge in [0.25, 0.3) is 0 Å². The molecule has 1 aromatic carbocycles. The number of ether oxygens (including phenoxy) is 2. The minimum atomic E-state index is 0.351. The van der Waals surface area contributed by atoms with Crippen LogP contribution in [-0.2, 0) is 6.54 Å². The molecule has 0 unspecified atom stereocenters. The second kappa shape index (κ2) is 6.02. The summed E-state index contributed by atoms with van der Waals surface area (Å²) >= 11 is 0. The molecule has 2 heterocycles. The molecule has 1 N–H and O–H groups in total. The summed E-state index contributed by atoms with van der Waals surface area (Å²) in [5.74, 6) is 1.80. The highest BCUT2D eigenvalue weighted by molar-refractivity contribution is 5.50. The molecule has 0 saturated carbocycles. The molecule has 20 heavy (non-hydrogen) atoms. The van der Waals surface area contributed by atoms with E-state index in [1.165, 1.54) is 24.0 Å². The first kappa shape index (κ1) is 13.7. The number of nitrogens with one attached hydrogen (secondary N) is 1. The summed E-state index contributed by atoms with van der Waals surface area (Å²) in [7, 11) is 0. The summed E-state index contributed by atoms with van der Waals surface area (Å²) < 4.78 is 11.0. The van der Waals surface area contributed by atoms with Crippen LogP contribution in [-0.4, -0.2) is 31.3 Å². The molecule has 1 atom stereocenters. The highest BCUT2D eigenvalue weighted by Crippen LogP contribution is 2.39. The van der Waals surface area contributed by atoms with Crippen LogP contribution in [0, 0.1) is 0 Å². The fourth-order valence-corrected chi connectivity index (χ4v) is 3.24. The lowest BCUT2D eigenvalue weighted by Gasteiger charge is -2.36. The molecular weight excluding hydrogens is 252 g/mol. The zero-order chi connectivity index (χ0) is 13.9. The van der Waals surface area contributed by atoms with Crippen molar-refractivity contribution in [2.45, 2.75) is 39.3 Å². The van der Waals surface area contributed by atoms with E-state index in [1.807, 2.05) is 0 Å². The fraction of sp³-hybridized carbons (Fsp3) is 0.625. The summed E-state index contributed by atoms with van der Waals surface area (Å²) in [6.45, 7) is 9.09. The summed E-state index contributed by atoms with van der Waals surface area (Å²) in [6, 6.07) is 4.79. The van der Waals surface area contributed by atoms with Crippen molar-refractivity contribution < 1.29 is 9.47 Å². The van der Waals surface area contributed by atoms with Gasteiger partial charge in [0.05, 0.1) is 0 Å². The van der Waals surface area contributed by atoms with E-state index in [2.05, 4.69) is 36.2 Å². The molecule has 0 bridgehead atoms. The van der Waals surface area contributed by atoms with Crippen LogP contribution < -0.4 is 14.8 Å². The van der Waals surface area contributed by atoms with Crippen LogP contribution in [0.3, 0.4) is 0 Å². The van der Waals surface area contributed by atoms with Crippen molar-refractivity contribution in [3.05, 3.63) is 23.3 Å². The second-order valence-electron chi connectivity index (χ2n) is 5.59. The van der Waals surface area contributed by atoms with Gasteiger partial charge in [0.1, 0.15) is 0 Å². The topological polar surface area (TPSA) is 33.7 Å². The van der Waals surface area contributed by atoms with Gasteiger partial charge in [-0.05, 0) is 49.2 Å². The van der Waals surface area contributed by atoms with Gasteiger partial charge in [0.2, 0.25) is 6.79 Å². The Hall–Kier alpha value is -1.26. The van der Waals surface area contributed by atoms with Crippen molar-refractivity contribution >= 4 is 0 Å². The Labute approximate surface area is 121 Å². The van der Waals surface area contributed by atoms with Gasteiger partial charge >= 0.3 is 0 Å². The Morgan fingerprint density at radius 2 is 1.85 bits per heavy atom. The van der Waals surface area contributed by atoms with Crippen LogP contribution in [0.4, 0.5) is 0 Å². The van der Waals surface area contributed by atoms with Gasteiger partial charge in [-0.3, -0.25) is 4.90 Å². The molecular formula is C16H24N2O2. The molecule has 3 rings (SSSR count). The summed E-state index contributed by atoms with van der Waals surface area (Å²) in [5, 5.41) is 3.54. The molecule has 2 aliphatic rings. The number of fused-ring (bicyclic) bond motifs is 2. The first-order chi connectivity index (χ1) is 9.83. The monoisotopic (exact) mass is 276 g/mol. The quantitative estimate of drug-likeness (QED) is 0.896. The molecule has 110 valence electrons. The van der Waals surface area contributed by atoms with Crippen molar-refractivity contribution in [3.8, 4) is 11.5 Å². The average molecular weight is 276 g/mol. The van der Waals surface area contributed by atoms with Crippen molar-refractivity contribution in [2.75, 3.05) is 26.4 Å². The molecule has 0 spiro atoms. The minimum Gasteiger partial charge on any atom is -0.454 e. The maximum Gasteiger partial charge on any atom is 0.231 e. The Morgan fingerprint density at radius 3 is 2.55 bits per heavy atom. The number of benzene rings is 1. The second-order valence-corrected chi connectivity index (χ2v) is 5.59. The van der Waals surface area contributed by atoms with Gasteiger partial charge < -0.3 is 14.8 Å².